The van der Waals surface area contributed by atoms with E-state index in [1.165, 1.54) is 25.7 Å². The van der Waals surface area contributed by atoms with Crippen molar-refractivity contribution < 1.29 is 9.90 Å². The number of rotatable bonds is 9. The molecular weight excluding hydrogens is 190 g/mol. The summed E-state index contributed by atoms with van der Waals surface area (Å²) in [5, 5.41) is 11.9. The van der Waals surface area contributed by atoms with Crippen LogP contribution in [0, 0.1) is 5.92 Å². The molecule has 90 valence electrons. The minimum absolute atomic E-state index is 0.0816. The van der Waals surface area contributed by atoms with Crippen LogP contribution in [-0.4, -0.2) is 23.7 Å². The highest BCUT2D eigenvalue weighted by atomic mass is 16.4. The van der Waals surface area contributed by atoms with Crippen LogP contribution < -0.4 is 5.32 Å². The molecule has 0 aliphatic rings. The summed E-state index contributed by atoms with van der Waals surface area (Å²) < 4.78 is 0. The second-order valence-electron chi connectivity index (χ2n) is 4.32. The first-order chi connectivity index (χ1) is 7.10. The molecule has 0 aliphatic carbocycles. The number of carboxylic acids is 1. The largest absolute Gasteiger partial charge is 0.481 e. The smallest absolute Gasteiger partial charge is 0.304 e. The number of aliphatic carboxylic acids is 1. The summed E-state index contributed by atoms with van der Waals surface area (Å²) in [6.45, 7) is 7.28. The first kappa shape index (κ1) is 14.4. The summed E-state index contributed by atoms with van der Waals surface area (Å²) in [5.41, 5.74) is 0. The quantitative estimate of drug-likeness (QED) is 0.621. The molecule has 2 atom stereocenters. The maximum Gasteiger partial charge on any atom is 0.304 e. The third-order valence-electron chi connectivity index (χ3n) is 2.78. The fourth-order valence-corrected chi connectivity index (χ4v) is 1.65. The van der Waals surface area contributed by atoms with Crippen LogP contribution in [-0.2, 0) is 4.79 Å². The van der Waals surface area contributed by atoms with E-state index in [1.807, 2.05) is 6.92 Å². The molecule has 0 aromatic rings. The van der Waals surface area contributed by atoms with Crippen LogP contribution >= 0.6 is 0 Å². The summed E-state index contributed by atoms with van der Waals surface area (Å²) in [6, 6.07) is 0.0816. The average Bonchev–Trinajstić information content (AvgIpc) is 2.17. The fourth-order valence-electron chi connectivity index (χ4n) is 1.65. The standard InChI is InChI=1S/C12H25NO2/c1-4-6-7-11(5-2)9-13-10(3)8-12(14)15/h10-11,13H,4-9H2,1-3H3,(H,14,15). The number of carboxylic acid groups (broad SMARTS) is 1. The number of unbranched alkanes of at least 4 members (excludes halogenated alkanes) is 1. The van der Waals surface area contributed by atoms with E-state index in [4.69, 9.17) is 5.11 Å². The Balaban J connectivity index is 3.64. The van der Waals surface area contributed by atoms with Gasteiger partial charge in [0.05, 0.1) is 6.42 Å². The van der Waals surface area contributed by atoms with Crippen molar-refractivity contribution in [2.24, 2.45) is 5.92 Å². The van der Waals surface area contributed by atoms with E-state index < -0.39 is 5.97 Å². The number of hydrogen-bond donors (Lipinski definition) is 2. The molecule has 0 fully saturated rings. The van der Waals surface area contributed by atoms with Gasteiger partial charge in [0.1, 0.15) is 0 Å². The lowest BCUT2D eigenvalue weighted by molar-refractivity contribution is -0.137. The van der Waals surface area contributed by atoms with Crippen molar-refractivity contribution in [3.63, 3.8) is 0 Å². The predicted molar refractivity (Wildman–Crippen MR) is 63.0 cm³/mol. The molecule has 3 heteroatoms. The minimum Gasteiger partial charge on any atom is -0.481 e. The second kappa shape index (κ2) is 8.72. The van der Waals surface area contributed by atoms with Gasteiger partial charge in [-0.1, -0.05) is 33.1 Å². The van der Waals surface area contributed by atoms with Crippen molar-refractivity contribution in [3.8, 4) is 0 Å². The normalized spacial score (nSPS) is 14.9. The highest BCUT2D eigenvalue weighted by Crippen LogP contribution is 2.11. The van der Waals surface area contributed by atoms with Gasteiger partial charge in [0.2, 0.25) is 0 Å². The molecule has 2 unspecified atom stereocenters. The van der Waals surface area contributed by atoms with Gasteiger partial charge in [-0.15, -0.1) is 0 Å². The van der Waals surface area contributed by atoms with E-state index in [9.17, 15) is 4.79 Å². The molecule has 0 saturated heterocycles. The Morgan fingerprint density at radius 2 is 2.07 bits per heavy atom. The molecule has 0 heterocycles. The van der Waals surface area contributed by atoms with Crippen LogP contribution in [0.2, 0.25) is 0 Å². The lowest BCUT2D eigenvalue weighted by Crippen LogP contribution is -2.32. The minimum atomic E-state index is -0.725. The van der Waals surface area contributed by atoms with Gasteiger partial charge in [-0.3, -0.25) is 4.79 Å². The molecule has 0 spiro atoms. The summed E-state index contributed by atoms with van der Waals surface area (Å²) in [7, 11) is 0. The van der Waals surface area contributed by atoms with Crippen molar-refractivity contribution in [1.82, 2.24) is 5.32 Å². The summed E-state index contributed by atoms with van der Waals surface area (Å²) >= 11 is 0. The van der Waals surface area contributed by atoms with Crippen molar-refractivity contribution in [2.45, 2.75) is 58.9 Å². The lowest BCUT2D eigenvalue weighted by atomic mass is 9.99. The van der Waals surface area contributed by atoms with E-state index in [2.05, 4.69) is 19.2 Å². The van der Waals surface area contributed by atoms with Crippen LogP contribution in [0.5, 0.6) is 0 Å². The van der Waals surface area contributed by atoms with E-state index in [0.29, 0.717) is 5.92 Å². The molecule has 0 radical (unpaired) electrons. The maximum absolute atomic E-state index is 10.5. The van der Waals surface area contributed by atoms with Crippen LogP contribution in [0.15, 0.2) is 0 Å². The summed E-state index contributed by atoms with van der Waals surface area (Å²) in [4.78, 5) is 10.5. The monoisotopic (exact) mass is 215 g/mol. The Hall–Kier alpha value is -0.570. The Morgan fingerprint density at radius 3 is 2.53 bits per heavy atom. The summed E-state index contributed by atoms with van der Waals surface area (Å²) in [6.07, 6.45) is 5.14. The molecule has 3 nitrogen and oxygen atoms in total. The molecule has 2 N–H and O–H groups in total. The second-order valence-corrected chi connectivity index (χ2v) is 4.32. The van der Waals surface area contributed by atoms with Crippen molar-refractivity contribution in [3.05, 3.63) is 0 Å². The lowest BCUT2D eigenvalue weighted by Gasteiger charge is -2.18. The molecule has 15 heavy (non-hydrogen) atoms. The van der Waals surface area contributed by atoms with Gasteiger partial charge in [-0.25, -0.2) is 0 Å². The summed E-state index contributed by atoms with van der Waals surface area (Å²) in [5.74, 6) is -0.0298. The molecule has 0 saturated carbocycles. The van der Waals surface area contributed by atoms with Gasteiger partial charge in [-0.2, -0.15) is 0 Å². The highest BCUT2D eigenvalue weighted by molar-refractivity contribution is 5.67. The zero-order valence-electron chi connectivity index (χ0n) is 10.3. The van der Waals surface area contributed by atoms with E-state index >= 15 is 0 Å². The van der Waals surface area contributed by atoms with Crippen LogP contribution in [0.4, 0.5) is 0 Å². The third-order valence-corrected chi connectivity index (χ3v) is 2.78. The van der Waals surface area contributed by atoms with E-state index in [1.54, 1.807) is 0 Å². The molecule has 0 amide bonds. The van der Waals surface area contributed by atoms with Gasteiger partial charge in [0.25, 0.3) is 0 Å². The van der Waals surface area contributed by atoms with Gasteiger partial charge in [0, 0.05) is 6.04 Å². The van der Waals surface area contributed by atoms with Crippen molar-refractivity contribution in [2.75, 3.05) is 6.54 Å². The SMILES string of the molecule is CCCCC(CC)CNC(C)CC(=O)O. The molecule has 0 aromatic carbocycles. The number of nitrogens with one attached hydrogen (secondary N) is 1. The Morgan fingerprint density at radius 1 is 1.40 bits per heavy atom. The molecule has 0 rings (SSSR count). The maximum atomic E-state index is 10.5. The number of hydrogen-bond acceptors (Lipinski definition) is 2. The van der Waals surface area contributed by atoms with Gasteiger partial charge < -0.3 is 10.4 Å². The van der Waals surface area contributed by atoms with Gasteiger partial charge in [-0.05, 0) is 25.8 Å². The number of carbonyl (C=O) groups is 1. The van der Waals surface area contributed by atoms with Gasteiger partial charge in [0.15, 0.2) is 0 Å². The fraction of sp³-hybridized carbons (Fsp3) is 0.917. The Kier molecular flexibility index (Phi) is 8.38. The Labute approximate surface area is 93.3 Å². The average molecular weight is 215 g/mol. The first-order valence-electron chi connectivity index (χ1n) is 6.05. The van der Waals surface area contributed by atoms with E-state index in [-0.39, 0.29) is 12.5 Å². The van der Waals surface area contributed by atoms with E-state index in [0.717, 1.165) is 6.54 Å². The van der Waals surface area contributed by atoms with Crippen LogP contribution in [0.25, 0.3) is 0 Å². The third kappa shape index (κ3) is 8.43. The van der Waals surface area contributed by atoms with Crippen molar-refractivity contribution >= 4 is 5.97 Å². The van der Waals surface area contributed by atoms with Gasteiger partial charge >= 0.3 is 5.97 Å². The molecular formula is C12H25NO2. The zero-order chi connectivity index (χ0) is 11.7. The highest BCUT2D eigenvalue weighted by Gasteiger charge is 2.10. The van der Waals surface area contributed by atoms with Crippen molar-refractivity contribution in [1.29, 1.82) is 0 Å². The Bertz CT molecular complexity index is 171. The van der Waals surface area contributed by atoms with Crippen LogP contribution in [0.1, 0.15) is 52.9 Å². The molecule has 0 bridgehead atoms. The van der Waals surface area contributed by atoms with Crippen LogP contribution in [0.3, 0.4) is 0 Å². The molecule has 0 aliphatic heterocycles. The topological polar surface area (TPSA) is 49.3 Å². The molecule has 0 aromatic heterocycles. The first-order valence-corrected chi connectivity index (χ1v) is 6.05. The zero-order valence-corrected chi connectivity index (χ0v) is 10.3. The predicted octanol–water partition coefficient (Wildman–Crippen LogP) is 2.66.